The molecule has 3 rings (SSSR count). The second kappa shape index (κ2) is 11.2. The standard InChI is InChI=1S/C25H27ClN2O2.ClH/c1-25(2,24(29)30-3)20-14-18(16-27-21-10-6-4-7-11-21)23(26)19(15-20)17-28-22-12-8-5-9-13-22;/h4-13,16-17,20,27H,14-15H2,1-3H3;1H/b18-16+,28-17?;. The minimum Gasteiger partial charge on any atom is -1.00 e. The molecular formula is C25H28Cl2N2O2. The van der Waals surface area contributed by atoms with Crippen LogP contribution in [0.3, 0.4) is 0 Å². The van der Waals surface area contributed by atoms with Gasteiger partial charge in [-0.25, -0.2) is 4.99 Å². The number of carbonyl (C=O) groups excluding carboxylic acids is 1. The van der Waals surface area contributed by atoms with E-state index in [-0.39, 0.29) is 24.3 Å². The summed E-state index contributed by atoms with van der Waals surface area (Å²) in [6.07, 6.45) is 5.24. The summed E-state index contributed by atoms with van der Waals surface area (Å²) in [5, 5.41) is 4.03. The van der Waals surface area contributed by atoms with Crippen LogP contribution in [-0.2, 0) is 9.53 Å². The van der Waals surface area contributed by atoms with Gasteiger partial charge in [-0.1, -0.05) is 48.0 Å². The molecule has 1 unspecified atom stereocenters. The number of ether oxygens (including phenoxy) is 1. The largest absolute Gasteiger partial charge is 1.00 e. The number of rotatable bonds is 6. The van der Waals surface area contributed by atoms with Crippen LogP contribution in [-0.4, -0.2) is 19.3 Å². The first-order chi connectivity index (χ1) is 14.4. The van der Waals surface area contributed by atoms with Gasteiger partial charge in [0.15, 0.2) is 6.21 Å². The Balaban J connectivity index is 0.00000341. The molecule has 31 heavy (non-hydrogen) atoms. The van der Waals surface area contributed by atoms with Crippen LogP contribution >= 0.6 is 11.6 Å². The van der Waals surface area contributed by atoms with Gasteiger partial charge < -0.3 is 22.5 Å². The third kappa shape index (κ3) is 6.22. The Morgan fingerprint density at radius 2 is 1.71 bits per heavy atom. The molecular weight excluding hydrogens is 431 g/mol. The highest BCUT2D eigenvalue weighted by atomic mass is 35.5. The van der Waals surface area contributed by atoms with E-state index in [0.717, 1.165) is 22.5 Å². The number of para-hydroxylation sites is 2. The summed E-state index contributed by atoms with van der Waals surface area (Å²) in [4.78, 5) is 15.8. The number of hydrogen-bond donors (Lipinski definition) is 2. The van der Waals surface area contributed by atoms with E-state index in [0.29, 0.717) is 17.9 Å². The van der Waals surface area contributed by atoms with Crippen molar-refractivity contribution in [1.82, 2.24) is 0 Å². The zero-order valence-corrected chi connectivity index (χ0v) is 19.5. The van der Waals surface area contributed by atoms with Crippen LogP contribution in [0.4, 0.5) is 11.4 Å². The summed E-state index contributed by atoms with van der Waals surface area (Å²) in [5.74, 6) is -0.156. The minimum atomic E-state index is -0.635. The predicted molar refractivity (Wildman–Crippen MR) is 123 cm³/mol. The maximum absolute atomic E-state index is 12.5. The van der Waals surface area contributed by atoms with Crippen molar-refractivity contribution < 1.29 is 26.9 Å². The Kier molecular flexibility index (Phi) is 8.90. The average molecular weight is 459 g/mol. The number of esters is 1. The highest BCUT2D eigenvalue weighted by Gasteiger charge is 2.41. The molecule has 1 aliphatic rings. The van der Waals surface area contributed by atoms with E-state index in [1.807, 2.05) is 86.9 Å². The van der Waals surface area contributed by atoms with Crippen molar-refractivity contribution >= 4 is 35.2 Å². The molecule has 0 aromatic heterocycles. The second-order valence-electron chi connectivity index (χ2n) is 7.99. The van der Waals surface area contributed by atoms with Crippen molar-refractivity contribution in [1.29, 1.82) is 0 Å². The van der Waals surface area contributed by atoms with Crippen LogP contribution in [0, 0.1) is 11.3 Å². The Bertz CT molecular complexity index is 968. The molecule has 0 bridgehead atoms. The Morgan fingerprint density at radius 1 is 1.10 bits per heavy atom. The predicted octanol–water partition coefficient (Wildman–Crippen LogP) is 1.57. The molecule has 164 valence electrons. The molecule has 0 saturated heterocycles. The SMILES string of the molecule is COC(=O)C(C)(C)C1CC(C=[NH+]c2ccccc2)=C(Cl)/C(=C/Nc2ccccc2)C1.[Cl-]. The fourth-order valence-corrected chi connectivity index (χ4v) is 3.85. The number of anilines is 1. The van der Waals surface area contributed by atoms with E-state index >= 15 is 0 Å². The highest BCUT2D eigenvalue weighted by molar-refractivity contribution is 6.33. The first-order valence-corrected chi connectivity index (χ1v) is 10.4. The van der Waals surface area contributed by atoms with Crippen LogP contribution in [0.25, 0.3) is 0 Å². The lowest BCUT2D eigenvalue weighted by Crippen LogP contribution is -3.00. The molecule has 0 spiro atoms. The molecule has 1 atom stereocenters. The van der Waals surface area contributed by atoms with Crippen LogP contribution in [0.5, 0.6) is 0 Å². The molecule has 2 aromatic carbocycles. The molecule has 0 heterocycles. The lowest BCUT2D eigenvalue weighted by molar-refractivity contribution is -0.347. The van der Waals surface area contributed by atoms with Crippen molar-refractivity contribution in [2.24, 2.45) is 11.3 Å². The van der Waals surface area contributed by atoms with Crippen molar-refractivity contribution in [2.75, 3.05) is 12.4 Å². The first kappa shape index (κ1) is 24.7. The number of hydrogen-bond acceptors (Lipinski definition) is 3. The van der Waals surface area contributed by atoms with E-state index in [1.54, 1.807) is 0 Å². The lowest BCUT2D eigenvalue weighted by Gasteiger charge is -2.35. The monoisotopic (exact) mass is 458 g/mol. The summed E-state index contributed by atoms with van der Waals surface area (Å²) in [7, 11) is 1.44. The van der Waals surface area contributed by atoms with Crippen LogP contribution < -0.4 is 22.7 Å². The number of methoxy groups -OCH3 is 1. The smallest absolute Gasteiger partial charge is 0.311 e. The van der Waals surface area contributed by atoms with Crippen molar-refractivity contribution in [3.05, 3.63) is 83.0 Å². The summed E-state index contributed by atoms with van der Waals surface area (Å²) >= 11 is 6.79. The lowest BCUT2D eigenvalue weighted by atomic mass is 9.70. The zero-order valence-electron chi connectivity index (χ0n) is 18.0. The first-order valence-electron chi connectivity index (χ1n) is 10.0. The molecule has 0 fully saturated rings. The van der Waals surface area contributed by atoms with Gasteiger partial charge in [0.2, 0.25) is 5.69 Å². The third-order valence-electron chi connectivity index (χ3n) is 5.60. The van der Waals surface area contributed by atoms with Gasteiger partial charge in [-0.2, -0.15) is 0 Å². The van der Waals surface area contributed by atoms with E-state index in [1.165, 1.54) is 7.11 Å². The summed E-state index contributed by atoms with van der Waals surface area (Å²) < 4.78 is 5.08. The summed E-state index contributed by atoms with van der Waals surface area (Å²) in [5.41, 5.74) is 3.27. The quantitative estimate of drug-likeness (QED) is 0.510. The fourth-order valence-electron chi connectivity index (χ4n) is 3.58. The van der Waals surface area contributed by atoms with Crippen LogP contribution in [0.15, 0.2) is 83.0 Å². The molecule has 0 radical (unpaired) electrons. The Hall–Kier alpha value is -2.56. The molecule has 1 aliphatic carbocycles. The zero-order chi connectivity index (χ0) is 21.6. The molecule has 0 amide bonds. The minimum absolute atomic E-state index is 0. The van der Waals surface area contributed by atoms with Gasteiger partial charge in [0.1, 0.15) is 0 Å². The molecule has 2 N–H and O–H groups in total. The van der Waals surface area contributed by atoms with Gasteiger partial charge in [-0.05, 0) is 50.3 Å². The summed E-state index contributed by atoms with van der Waals surface area (Å²) in [6.45, 7) is 3.88. The number of nitrogens with one attached hydrogen (secondary N) is 2. The van der Waals surface area contributed by atoms with Crippen molar-refractivity contribution in [3.8, 4) is 0 Å². The van der Waals surface area contributed by atoms with Crippen LogP contribution in [0.1, 0.15) is 26.7 Å². The van der Waals surface area contributed by atoms with Gasteiger partial charge in [-0.3, -0.25) is 4.79 Å². The summed E-state index contributed by atoms with van der Waals surface area (Å²) in [6, 6.07) is 19.9. The maximum atomic E-state index is 12.5. The van der Waals surface area contributed by atoms with Gasteiger partial charge in [0.25, 0.3) is 0 Å². The number of benzene rings is 2. The van der Waals surface area contributed by atoms with Gasteiger partial charge in [0, 0.05) is 29.6 Å². The van der Waals surface area contributed by atoms with Crippen molar-refractivity contribution in [3.63, 3.8) is 0 Å². The average Bonchev–Trinajstić information content (AvgIpc) is 2.78. The molecule has 2 aromatic rings. The van der Waals surface area contributed by atoms with Gasteiger partial charge in [-0.15, -0.1) is 0 Å². The van der Waals surface area contributed by atoms with E-state index in [9.17, 15) is 4.79 Å². The second-order valence-corrected chi connectivity index (χ2v) is 8.37. The van der Waals surface area contributed by atoms with Crippen molar-refractivity contribution in [2.45, 2.75) is 26.7 Å². The van der Waals surface area contributed by atoms with Gasteiger partial charge >= 0.3 is 5.97 Å². The fraction of sp³-hybridized carbons (Fsp3) is 0.280. The van der Waals surface area contributed by atoms with E-state index < -0.39 is 5.41 Å². The highest BCUT2D eigenvalue weighted by Crippen LogP contribution is 2.44. The topological polar surface area (TPSA) is 52.3 Å². The number of halogens is 2. The van der Waals surface area contributed by atoms with Crippen LogP contribution in [0.2, 0.25) is 0 Å². The van der Waals surface area contributed by atoms with Gasteiger partial charge in [0.05, 0.1) is 17.6 Å². The third-order valence-corrected chi connectivity index (χ3v) is 6.09. The number of carbonyl (C=O) groups is 1. The Morgan fingerprint density at radius 3 is 2.32 bits per heavy atom. The molecule has 4 nitrogen and oxygen atoms in total. The maximum Gasteiger partial charge on any atom is 0.311 e. The van der Waals surface area contributed by atoms with E-state index in [4.69, 9.17) is 16.3 Å². The Labute approximate surface area is 195 Å². The molecule has 0 aliphatic heterocycles. The van der Waals surface area contributed by atoms with E-state index in [2.05, 4.69) is 10.3 Å². The normalized spacial score (nSPS) is 18.1. The molecule has 6 heteroatoms. The number of allylic oxidation sites excluding steroid dienone is 3. The molecule has 0 saturated carbocycles.